The molecule has 0 saturated carbocycles. The van der Waals surface area contributed by atoms with Crippen molar-refractivity contribution in [2.75, 3.05) is 18.0 Å². The van der Waals surface area contributed by atoms with Gasteiger partial charge in [0.1, 0.15) is 0 Å². The summed E-state index contributed by atoms with van der Waals surface area (Å²) in [5.41, 5.74) is 8.63. The van der Waals surface area contributed by atoms with Crippen molar-refractivity contribution >= 4 is 5.69 Å². The minimum absolute atomic E-state index is 0.441. The molecule has 0 amide bonds. The van der Waals surface area contributed by atoms with Crippen molar-refractivity contribution < 1.29 is 0 Å². The van der Waals surface area contributed by atoms with Gasteiger partial charge in [0.2, 0.25) is 0 Å². The van der Waals surface area contributed by atoms with Crippen LogP contribution in [-0.2, 0) is 0 Å². The van der Waals surface area contributed by atoms with Crippen LogP contribution in [0.2, 0.25) is 0 Å². The van der Waals surface area contributed by atoms with Crippen molar-refractivity contribution in [3.63, 3.8) is 0 Å². The predicted molar refractivity (Wildman–Crippen MR) is 81.1 cm³/mol. The largest absolute Gasteiger partial charge is 0.367 e. The SMILES string of the molecule is CCCC(C)C(CN)N(CC)c1cccc(C)c1. The van der Waals surface area contributed by atoms with E-state index >= 15 is 0 Å². The molecule has 18 heavy (non-hydrogen) atoms. The molecule has 2 N–H and O–H groups in total. The summed E-state index contributed by atoms with van der Waals surface area (Å²) in [4.78, 5) is 2.45. The number of aryl methyl sites for hydroxylation is 1. The lowest BCUT2D eigenvalue weighted by Crippen LogP contribution is -2.45. The molecule has 0 saturated heterocycles. The molecule has 0 aliphatic rings. The molecule has 0 aliphatic heterocycles. The van der Waals surface area contributed by atoms with E-state index in [0.717, 1.165) is 13.1 Å². The second kappa shape index (κ2) is 7.42. The molecule has 2 heteroatoms. The number of hydrogen-bond donors (Lipinski definition) is 1. The van der Waals surface area contributed by atoms with Gasteiger partial charge < -0.3 is 10.6 Å². The second-order valence-corrected chi connectivity index (χ2v) is 5.19. The Labute approximate surface area is 112 Å². The summed E-state index contributed by atoms with van der Waals surface area (Å²) in [5, 5.41) is 0. The van der Waals surface area contributed by atoms with Gasteiger partial charge in [-0.2, -0.15) is 0 Å². The van der Waals surface area contributed by atoms with Gasteiger partial charge >= 0.3 is 0 Å². The number of likely N-dealkylation sites (N-methyl/N-ethyl adjacent to an activating group) is 1. The first kappa shape index (κ1) is 15.0. The summed E-state index contributed by atoms with van der Waals surface area (Å²) in [6.07, 6.45) is 2.47. The topological polar surface area (TPSA) is 29.3 Å². The Morgan fingerprint density at radius 1 is 1.28 bits per heavy atom. The lowest BCUT2D eigenvalue weighted by atomic mass is 9.95. The third-order valence-corrected chi connectivity index (χ3v) is 3.72. The van der Waals surface area contributed by atoms with Crippen molar-refractivity contribution in [2.45, 2.75) is 46.6 Å². The lowest BCUT2D eigenvalue weighted by Gasteiger charge is -2.36. The maximum atomic E-state index is 6.01. The van der Waals surface area contributed by atoms with E-state index < -0.39 is 0 Å². The van der Waals surface area contributed by atoms with Crippen molar-refractivity contribution in [3.05, 3.63) is 29.8 Å². The summed E-state index contributed by atoms with van der Waals surface area (Å²) >= 11 is 0. The first-order valence-electron chi connectivity index (χ1n) is 7.17. The minimum atomic E-state index is 0.441. The van der Waals surface area contributed by atoms with Crippen molar-refractivity contribution in [2.24, 2.45) is 11.7 Å². The summed E-state index contributed by atoms with van der Waals surface area (Å²) in [6, 6.07) is 9.16. The van der Waals surface area contributed by atoms with E-state index in [1.807, 2.05) is 0 Å². The van der Waals surface area contributed by atoms with Gasteiger partial charge in [-0.25, -0.2) is 0 Å². The predicted octanol–water partition coefficient (Wildman–Crippen LogP) is 3.58. The first-order valence-corrected chi connectivity index (χ1v) is 7.17. The Hall–Kier alpha value is -1.02. The molecule has 1 aromatic carbocycles. The standard InChI is InChI=1S/C16H28N2/c1-5-8-14(4)16(12-17)18(6-2)15-10-7-9-13(3)11-15/h7,9-11,14,16H,5-6,8,12,17H2,1-4H3. The molecule has 2 atom stereocenters. The molecule has 0 heterocycles. The van der Waals surface area contributed by atoms with Crippen LogP contribution in [0, 0.1) is 12.8 Å². The Morgan fingerprint density at radius 2 is 2.00 bits per heavy atom. The van der Waals surface area contributed by atoms with Gasteiger partial charge in [-0.15, -0.1) is 0 Å². The van der Waals surface area contributed by atoms with E-state index in [1.165, 1.54) is 24.1 Å². The van der Waals surface area contributed by atoms with Crippen molar-refractivity contribution in [1.82, 2.24) is 0 Å². The fraction of sp³-hybridized carbons (Fsp3) is 0.625. The fourth-order valence-corrected chi connectivity index (χ4v) is 2.73. The van der Waals surface area contributed by atoms with Crippen molar-refractivity contribution in [1.29, 1.82) is 0 Å². The smallest absolute Gasteiger partial charge is 0.0437 e. The van der Waals surface area contributed by atoms with Crippen LogP contribution in [0.1, 0.15) is 39.2 Å². The Kier molecular flexibility index (Phi) is 6.20. The Balaban J connectivity index is 2.92. The Morgan fingerprint density at radius 3 is 2.50 bits per heavy atom. The molecule has 0 radical (unpaired) electrons. The molecule has 0 aliphatic carbocycles. The number of nitrogens with two attached hydrogens (primary N) is 1. The Bertz CT molecular complexity index is 349. The molecule has 2 unspecified atom stereocenters. The number of nitrogens with zero attached hydrogens (tertiary/aromatic N) is 1. The van der Waals surface area contributed by atoms with Gasteiger partial charge in [0.15, 0.2) is 0 Å². The molecular weight excluding hydrogens is 220 g/mol. The van der Waals surface area contributed by atoms with Gasteiger partial charge in [-0.05, 0) is 43.9 Å². The summed E-state index contributed by atoms with van der Waals surface area (Å²) in [5.74, 6) is 0.639. The second-order valence-electron chi connectivity index (χ2n) is 5.19. The highest BCUT2D eigenvalue weighted by atomic mass is 15.2. The monoisotopic (exact) mass is 248 g/mol. The molecule has 0 bridgehead atoms. The molecular formula is C16H28N2. The molecule has 2 nitrogen and oxygen atoms in total. The van der Waals surface area contributed by atoms with Crippen LogP contribution < -0.4 is 10.6 Å². The van der Waals surface area contributed by atoms with Crippen LogP contribution in [0.5, 0.6) is 0 Å². The van der Waals surface area contributed by atoms with Gasteiger partial charge in [-0.1, -0.05) is 32.4 Å². The normalized spacial score (nSPS) is 14.3. The van der Waals surface area contributed by atoms with E-state index in [1.54, 1.807) is 0 Å². The maximum Gasteiger partial charge on any atom is 0.0437 e. The summed E-state index contributed by atoms with van der Waals surface area (Å²) < 4.78 is 0. The van der Waals surface area contributed by atoms with Gasteiger partial charge in [0, 0.05) is 24.8 Å². The number of rotatable bonds is 7. The highest BCUT2D eigenvalue weighted by molar-refractivity contribution is 5.49. The molecule has 0 spiro atoms. The molecule has 1 aromatic rings. The van der Waals surface area contributed by atoms with E-state index in [4.69, 9.17) is 5.73 Å². The van der Waals surface area contributed by atoms with E-state index in [2.05, 4.69) is 56.9 Å². The lowest BCUT2D eigenvalue weighted by molar-refractivity contribution is 0.405. The van der Waals surface area contributed by atoms with Crippen LogP contribution in [0.4, 0.5) is 5.69 Å². The quantitative estimate of drug-likeness (QED) is 0.799. The average Bonchev–Trinajstić information content (AvgIpc) is 2.35. The minimum Gasteiger partial charge on any atom is -0.367 e. The van der Waals surface area contributed by atoms with Crippen LogP contribution in [0.15, 0.2) is 24.3 Å². The van der Waals surface area contributed by atoms with Crippen LogP contribution in [-0.4, -0.2) is 19.1 Å². The maximum absolute atomic E-state index is 6.01. The summed E-state index contributed by atoms with van der Waals surface area (Å²) in [7, 11) is 0. The van der Waals surface area contributed by atoms with Crippen LogP contribution >= 0.6 is 0 Å². The average molecular weight is 248 g/mol. The van der Waals surface area contributed by atoms with E-state index in [0.29, 0.717) is 12.0 Å². The van der Waals surface area contributed by atoms with Gasteiger partial charge in [0.05, 0.1) is 0 Å². The van der Waals surface area contributed by atoms with Crippen molar-refractivity contribution in [3.8, 4) is 0 Å². The zero-order valence-electron chi connectivity index (χ0n) is 12.3. The van der Waals surface area contributed by atoms with Gasteiger partial charge in [-0.3, -0.25) is 0 Å². The highest BCUT2D eigenvalue weighted by Crippen LogP contribution is 2.23. The molecule has 0 fully saturated rings. The zero-order valence-corrected chi connectivity index (χ0v) is 12.3. The number of anilines is 1. The molecule has 1 rings (SSSR count). The zero-order chi connectivity index (χ0) is 13.5. The van der Waals surface area contributed by atoms with E-state index in [9.17, 15) is 0 Å². The molecule has 102 valence electrons. The number of hydrogen-bond acceptors (Lipinski definition) is 2. The van der Waals surface area contributed by atoms with Crippen LogP contribution in [0.25, 0.3) is 0 Å². The van der Waals surface area contributed by atoms with E-state index in [-0.39, 0.29) is 0 Å². The first-order chi connectivity index (χ1) is 8.63. The third-order valence-electron chi connectivity index (χ3n) is 3.72. The highest BCUT2D eigenvalue weighted by Gasteiger charge is 2.21. The summed E-state index contributed by atoms with van der Waals surface area (Å²) in [6.45, 7) is 10.7. The van der Waals surface area contributed by atoms with Crippen LogP contribution in [0.3, 0.4) is 0 Å². The fourth-order valence-electron chi connectivity index (χ4n) is 2.73. The third kappa shape index (κ3) is 3.74. The molecule has 0 aromatic heterocycles. The number of benzene rings is 1. The van der Waals surface area contributed by atoms with Gasteiger partial charge in [0.25, 0.3) is 0 Å².